The highest BCUT2D eigenvalue weighted by Crippen LogP contribution is 2.37. The highest BCUT2D eigenvalue weighted by Gasteiger charge is 2.35. The van der Waals surface area contributed by atoms with Gasteiger partial charge in [-0.15, -0.1) is 11.3 Å². The zero-order valence-corrected chi connectivity index (χ0v) is 19.9. The van der Waals surface area contributed by atoms with E-state index in [1.807, 2.05) is 24.0 Å². The number of pyridine rings is 1. The molecule has 3 atom stereocenters. The van der Waals surface area contributed by atoms with E-state index in [0.29, 0.717) is 47.3 Å². The Morgan fingerprint density at radius 3 is 2.80 bits per heavy atom. The molecule has 11 heteroatoms. The molecular formula is C24H25F2N5O3S. The summed E-state index contributed by atoms with van der Waals surface area (Å²) in [5.74, 6) is -1.92. The molecule has 0 saturated carbocycles. The molecule has 5 heterocycles. The van der Waals surface area contributed by atoms with Gasteiger partial charge in [0, 0.05) is 55.3 Å². The van der Waals surface area contributed by atoms with Crippen molar-refractivity contribution in [1.82, 2.24) is 15.6 Å². The maximum absolute atomic E-state index is 15.2. The van der Waals surface area contributed by atoms with Crippen molar-refractivity contribution in [3.63, 3.8) is 0 Å². The van der Waals surface area contributed by atoms with Gasteiger partial charge < -0.3 is 30.7 Å². The number of nitrogens with one attached hydrogen (secondary N) is 2. The zero-order chi connectivity index (χ0) is 24.3. The van der Waals surface area contributed by atoms with Crippen LogP contribution in [-0.4, -0.2) is 61.9 Å². The molecule has 2 aromatic heterocycles. The molecule has 0 radical (unpaired) electrons. The second kappa shape index (κ2) is 8.58. The van der Waals surface area contributed by atoms with Crippen LogP contribution >= 0.6 is 11.3 Å². The van der Waals surface area contributed by atoms with Gasteiger partial charge in [0.2, 0.25) is 0 Å². The predicted molar refractivity (Wildman–Crippen MR) is 129 cm³/mol. The topological polar surface area (TPSA) is 102 Å². The molecule has 4 N–H and O–H groups in total. The average molecular weight is 502 g/mol. The zero-order valence-electron chi connectivity index (χ0n) is 19.1. The standard InChI is InChI=1S/C24H25F2N5O3S/c1-11-2-3-15-21(27)22(35-24(15)29-11)23(32)30-12-4-16-18(33-10-12)5-17(20(26)19(16)25)31-8-13-6-28-7-14(9-31)34-13/h2-3,5,12-14,28H,4,6-10,27H2,1H3,(H,30,32)/t12-,13?,14?/m1/s1. The van der Waals surface area contributed by atoms with Crippen molar-refractivity contribution in [1.29, 1.82) is 0 Å². The molecule has 3 aromatic rings. The molecule has 184 valence electrons. The molecule has 6 rings (SSSR count). The average Bonchev–Trinajstić information content (AvgIpc) is 3.17. The van der Waals surface area contributed by atoms with Crippen LogP contribution in [0.5, 0.6) is 5.75 Å². The molecule has 2 bridgehead atoms. The van der Waals surface area contributed by atoms with E-state index in [1.165, 1.54) is 11.3 Å². The van der Waals surface area contributed by atoms with Gasteiger partial charge in [0.1, 0.15) is 22.1 Å². The monoisotopic (exact) mass is 501 g/mol. The van der Waals surface area contributed by atoms with Crippen LogP contribution in [0.1, 0.15) is 20.9 Å². The molecule has 2 fully saturated rings. The van der Waals surface area contributed by atoms with Gasteiger partial charge in [-0.1, -0.05) is 0 Å². The lowest BCUT2D eigenvalue weighted by molar-refractivity contribution is -0.0485. The van der Waals surface area contributed by atoms with Gasteiger partial charge in [0.15, 0.2) is 11.6 Å². The van der Waals surface area contributed by atoms with Crippen molar-refractivity contribution in [2.24, 2.45) is 0 Å². The Labute approximate surface area is 204 Å². The van der Waals surface area contributed by atoms with Gasteiger partial charge in [-0.05, 0) is 19.1 Å². The number of amides is 1. The number of ether oxygens (including phenoxy) is 2. The lowest BCUT2D eigenvalue weighted by Crippen LogP contribution is -2.58. The van der Waals surface area contributed by atoms with Crippen molar-refractivity contribution in [2.75, 3.05) is 43.4 Å². The van der Waals surface area contributed by atoms with E-state index in [-0.39, 0.29) is 42.4 Å². The Bertz CT molecular complexity index is 1320. The maximum atomic E-state index is 15.2. The summed E-state index contributed by atoms with van der Waals surface area (Å²) in [6.07, 6.45) is -0.0196. The number of aromatic nitrogens is 1. The molecule has 3 aliphatic heterocycles. The smallest absolute Gasteiger partial charge is 0.263 e. The van der Waals surface area contributed by atoms with Crippen LogP contribution in [0.4, 0.5) is 20.2 Å². The third-order valence-corrected chi connectivity index (χ3v) is 7.84. The lowest BCUT2D eigenvalue weighted by atomic mass is 10.00. The van der Waals surface area contributed by atoms with Crippen molar-refractivity contribution >= 4 is 38.8 Å². The van der Waals surface area contributed by atoms with E-state index in [9.17, 15) is 4.79 Å². The summed E-state index contributed by atoms with van der Waals surface area (Å²) < 4.78 is 42.1. The summed E-state index contributed by atoms with van der Waals surface area (Å²) in [6.45, 7) is 4.32. The second-order valence-corrected chi connectivity index (χ2v) is 10.3. The molecule has 3 aliphatic rings. The first-order valence-electron chi connectivity index (χ1n) is 11.6. The Kier molecular flexibility index (Phi) is 5.50. The maximum Gasteiger partial charge on any atom is 0.263 e. The number of anilines is 2. The predicted octanol–water partition coefficient (Wildman–Crippen LogP) is 2.38. The number of carbonyl (C=O) groups is 1. The van der Waals surface area contributed by atoms with Crippen LogP contribution in [0.2, 0.25) is 0 Å². The van der Waals surface area contributed by atoms with E-state index in [4.69, 9.17) is 15.2 Å². The molecule has 0 aliphatic carbocycles. The van der Waals surface area contributed by atoms with Gasteiger partial charge in [-0.2, -0.15) is 0 Å². The number of fused-ring (bicyclic) bond motifs is 4. The number of thiophene rings is 1. The summed E-state index contributed by atoms with van der Waals surface area (Å²) in [5.41, 5.74) is 7.69. The number of nitrogen functional groups attached to an aromatic ring is 1. The Balaban J connectivity index is 1.21. The van der Waals surface area contributed by atoms with Gasteiger partial charge in [0.25, 0.3) is 5.91 Å². The number of hydrogen-bond donors (Lipinski definition) is 3. The molecular weight excluding hydrogens is 476 g/mol. The van der Waals surface area contributed by atoms with Crippen LogP contribution in [-0.2, 0) is 11.2 Å². The Morgan fingerprint density at radius 1 is 1.26 bits per heavy atom. The third kappa shape index (κ3) is 3.97. The summed E-state index contributed by atoms with van der Waals surface area (Å²) in [6, 6.07) is 4.72. The second-order valence-electron chi connectivity index (χ2n) is 9.28. The number of halogens is 2. The van der Waals surface area contributed by atoms with Crippen LogP contribution in [0.15, 0.2) is 18.2 Å². The van der Waals surface area contributed by atoms with E-state index in [2.05, 4.69) is 15.6 Å². The van der Waals surface area contributed by atoms with Crippen molar-refractivity contribution in [2.45, 2.75) is 31.6 Å². The molecule has 1 aromatic carbocycles. The number of aryl methyl sites for hydroxylation is 1. The van der Waals surface area contributed by atoms with Gasteiger partial charge in [-0.3, -0.25) is 4.79 Å². The van der Waals surface area contributed by atoms with Gasteiger partial charge in [-0.25, -0.2) is 13.8 Å². The quantitative estimate of drug-likeness (QED) is 0.507. The first-order valence-corrected chi connectivity index (χ1v) is 12.4. The van der Waals surface area contributed by atoms with E-state index >= 15 is 8.78 Å². The Hall–Kier alpha value is -3.02. The number of nitrogens with zero attached hydrogens (tertiary/aromatic N) is 2. The molecule has 8 nitrogen and oxygen atoms in total. The van der Waals surface area contributed by atoms with E-state index < -0.39 is 17.7 Å². The molecule has 1 amide bonds. The number of rotatable bonds is 3. The third-order valence-electron chi connectivity index (χ3n) is 6.73. The number of hydrogen-bond acceptors (Lipinski definition) is 8. The van der Waals surface area contributed by atoms with Crippen LogP contribution in [0, 0.1) is 18.6 Å². The van der Waals surface area contributed by atoms with Crippen LogP contribution in [0.3, 0.4) is 0 Å². The molecule has 2 unspecified atom stereocenters. The van der Waals surface area contributed by atoms with E-state index in [1.54, 1.807) is 6.07 Å². The summed E-state index contributed by atoms with van der Waals surface area (Å²) in [7, 11) is 0. The van der Waals surface area contributed by atoms with Gasteiger partial charge in [0.05, 0.1) is 29.6 Å². The van der Waals surface area contributed by atoms with Gasteiger partial charge >= 0.3 is 0 Å². The summed E-state index contributed by atoms with van der Waals surface area (Å²) in [4.78, 5) is 20.2. The number of nitrogens with two attached hydrogens (primary N) is 1. The van der Waals surface area contributed by atoms with E-state index in [0.717, 1.165) is 11.1 Å². The fourth-order valence-corrected chi connectivity index (χ4v) is 6.07. The number of carbonyl (C=O) groups excluding carboxylic acids is 1. The summed E-state index contributed by atoms with van der Waals surface area (Å²) >= 11 is 1.21. The van der Waals surface area contributed by atoms with Crippen molar-refractivity contribution in [3.05, 3.63) is 46.0 Å². The molecule has 35 heavy (non-hydrogen) atoms. The van der Waals surface area contributed by atoms with Crippen LogP contribution < -0.4 is 26.0 Å². The number of morpholine rings is 2. The SMILES string of the molecule is Cc1ccc2c(N)c(C(=O)N[C@H]3COc4cc(N5CC6CNCC(C5)O6)c(F)c(F)c4C3)sc2n1. The molecule has 0 spiro atoms. The van der Waals surface area contributed by atoms with Crippen molar-refractivity contribution < 1.29 is 23.0 Å². The summed E-state index contributed by atoms with van der Waals surface area (Å²) in [5, 5.41) is 6.87. The normalized spacial score (nSPS) is 23.6. The van der Waals surface area contributed by atoms with Crippen LogP contribution in [0.25, 0.3) is 10.2 Å². The fourth-order valence-electron chi connectivity index (χ4n) is 5.03. The fraction of sp³-hybridized carbons (Fsp3) is 0.417. The first kappa shape index (κ1) is 22.4. The Morgan fingerprint density at radius 2 is 2.03 bits per heavy atom. The minimum absolute atomic E-state index is 0.0676. The van der Waals surface area contributed by atoms with Crippen molar-refractivity contribution in [3.8, 4) is 5.75 Å². The largest absolute Gasteiger partial charge is 0.491 e. The highest BCUT2D eigenvalue weighted by molar-refractivity contribution is 7.21. The minimum Gasteiger partial charge on any atom is -0.491 e. The lowest BCUT2D eigenvalue weighted by Gasteiger charge is -2.43. The number of benzene rings is 1. The minimum atomic E-state index is -0.938. The first-order chi connectivity index (χ1) is 16.9. The highest BCUT2D eigenvalue weighted by atomic mass is 32.1. The molecule has 2 saturated heterocycles.